The number of carbonyl (C=O) groups is 4. The van der Waals surface area contributed by atoms with Crippen molar-refractivity contribution >= 4 is 35.5 Å². The number of ether oxygens (including phenoxy) is 3. The predicted octanol–water partition coefficient (Wildman–Crippen LogP) is 1.45. The number of benzene rings is 1. The molecule has 0 aliphatic carbocycles. The summed E-state index contributed by atoms with van der Waals surface area (Å²) in [5.74, 6) is -2.16. The molecule has 0 spiro atoms. The molecule has 2 aromatic rings. The van der Waals surface area contributed by atoms with Crippen LogP contribution in [0.2, 0.25) is 0 Å². The van der Waals surface area contributed by atoms with Crippen molar-refractivity contribution in [2.24, 2.45) is 5.92 Å². The van der Waals surface area contributed by atoms with Crippen molar-refractivity contribution in [1.29, 1.82) is 0 Å². The Morgan fingerprint density at radius 2 is 1.55 bits per heavy atom. The highest BCUT2D eigenvalue weighted by Crippen LogP contribution is 2.21. The topological polar surface area (TPSA) is 137 Å². The van der Waals surface area contributed by atoms with Crippen LogP contribution in [0.4, 0.5) is 11.6 Å². The highest BCUT2D eigenvalue weighted by atomic mass is 16.5. The van der Waals surface area contributed by atoms with Crippen LogP contribution in [-0.4, -0.2) is 67.7 Å². The molecule has 0 unspecified atom stereocenters. The van der Waals surface area contributed by atoms with Gasteiger partial charge in [-0.25, -0.2) is 19.6 Å². The molecule has 33 heavy (non-hydrogen) atoms. The summed E-state index contributed by atoms with van der Waals surface area (Å²) in [4.78, 5) is 58.8. The van der Waals surface area contributed by atoms with Crippen LogP contribution in [0.25, 0.3) is 0 Å². The molecule has 3 rings (SSSR count). The fourth-order valence-electron chi connectivity index (χ4n) is 3.39. The number of nitrogens with one attached hydrogen (secondary N) is 1. The van der Waals surface area contributed by atoms with E-state index < -0.39 is 30.4 Å². The number of anilines is 2. The Bertz CT molecular complexity index is 986. The average molecular weight is 456 g/mol. The first-order chi connectivity index (χ1) is 15.9. The molecule has 1 N–H and O–H groups in total. The molecular weight excluding hydrogens is 432 g/mol. The van der Waals surface area contributed by atoms with E-state index in [0.29, 0.717) is 31.9 Å². The number of methoxy groups -OCH3 is 2. The van der Waals surface area contributed by atoms with E-state index in [-0.39, 0.29) is 22.7 Å². The standard InChI is InChI=1S/C22H24N4O7/c1-31-19(28)15-10-16(20(29)32-2)12-17(11-15)25-18(27)13-33-21(30)14-4-8-26(9-5-14)22-23-6-3-7-24-22/h3,6-7,10-12,14H,4-5,8-9,13H2,1-2H3,(H,25,27). The smallest absolute Gasteiger partial charge is 0.337 e. The molecule has 0 bridgehead atoms. The molecular formula is C22H24N4O7. The van der Waals surface area contributed by atoms with E-state index in [1.165, 1.54) is 32.4 Å². The van der Waals surface area contributed by atoms with Crippen LogP contribution in [0.3, 0.4) is 0 Å². The molecule has 0 saturated carbocycles. The van der Waals surface area contributed by atoms with E-state index in [1.54, 1.807) is 18.5 Å². The Morgan fingerprint density at radius 1 is 0.970 bits per heavy atom. The van der Waals surface area contributed by atoms with Gasteiger partial charge in [-0.2, -0.15) is 0 Å². The van der Waals surface area contributed by atoms with Crippen molar-refractivity contribution in [1.82, 2.24) is 9.97 Å². The van der Waals surface area contributed by atoms with Crippen LogP contribution < -0.4 is 10.2 Å². The predicted molar refractivity (Wildman–Crippen MR) is 116 cm³/mol. The molecule has 0 atom stereocenters. The van der Waals surface area contributed by atoms with Gasteiger partial charge in [-0.3, -0.25) is 9.59 Å². The summed E-state index contributed by atoms with van der Waals surface area (Å²) >= 11 is 0. The molecule has 1 aliphatic heterocycles. The number of rotatable bonds is 7. The Hall–Kier alpha value is -4.02. The van der Waals surface area contributed by atoms with Gasteiger partial charge in [-0.1, -0.05) is 0 Å². The van der Waals surface area contributed by atoms with Gasteiger partial charge < -0.3 is 24.4 Å². The largest absolute Gasteiger partial charge is 0.465 e. The van der Waals surface area contributed by atoms with Gasteiger partial charge >= 0.3 is 17.9 Å². The van der Waals surface area contributed by atoms with Gasteiger partial charge in [0.15, 0.2) is 6.61 Å². The highest BCUT2D eigenvalue weighted by Gasteiger charge is 2.27. The van der Waals surface area contributed by atoms with Crippen molar-refractivity contribution in [3.63, 3.8) is 0 Å². The summed E-state index contributed by atoms with van der Waals surface area (Å²) in [6.07, 6.45) is 4.44. The van der Waals surface area contributed by atoms with Crippen LogP contribution in [0.1, 0.15) is 33.6 Å². The van der Waals surface area contributed by atoms with Gasteiger partial charge in [-0.05, 0) is 37.1 Å². The molecule has 1 aromatic heterocycles. The second-order valence-electron chi connectivity index (χ2n) is 7.25. The quantitative estimate of drug-likeness (QED) is 0.481. The summed E-state index contributed by atoms with van der Waals surface area (Å²) in [6.45, 7) is 0.704. The number of hydrogen-bond acceptors (Lipinski definition) is 10. The molecule has 11 nitrogen and oxygen atoms in total. The number of piperidine rings is 1. The molecule has 11 heteroatoms. The Labute approximate surface area is 190 Å². The number of aromatic nitrogens is 2. The Balaban J connectivity index is 1.53. The minimum atomic E-state index is -0.685. The zero-order valence-corrected chi connectivity index (χ0v) is 18.3. The third-order valence-corrected chi connectivity index (χ3v) is 5.07. The monoisotopic (exact) mass is 456 g/mol. The van der Waals surface area contributed by atoms with Crippen molar-refractivity contribution in [3.8, 4) is 0 Å². The molecule has 1 aliphatic rings. The van der Waals surface area contributed by atoms with Crippen LogP contribution in [0, 0.1) is 5.92 Å². The molecule has 1 saturated heterocycles. The molecule has 1 fully saturated rings. The summed E-state index contributed by atoms with van der Waals surface area (Å²) in [5.41, 5.74) is 0.277. The highest BCUT2D eigenvalue weighted by molar-refractivity contribution is 6.00. The van der Waals surface area contributed by atoms with Crippen molar-refractivity contribution in [2.75, 3.05) is 44.1 Å². The molecule has 2 heterocycles. The maximum atomic E-state index is 12.4. The van der Waals surface area contributed by atoms with E-state index in [2.05, 4.69) is 24.8 Å². The summed E-state index contributed by atoms with van der Waals surface area (Å²) in [7, 11) is 2.39. The Kier molecular flexibility index (Phi) is 7.90. The lowest BCUT2D eigenvalue weighted by atomic mass is 9.97. The third kappa shape index (κ3) is 6.25. The van der Waals surface area contributed by atoms with Gasteiger partial charge in [0.25, 0.3) is 5.91 Å². The van der Waals surface area contributed by atoms with Gasteiger partial charge in [0.05, 0.1) is 31.3 Å². The van der Waals surface area contributed by atoms with Gasteiger partial charge in [-0.15, -0.1) is 0 Å². The lowest BCUT2D eigenvalue weighted by Gasteiger charge is -2.30. The fourth-order valence-corrected chi connectivity index (χ4v) is 3.39. The van der Waals surface area contributed by atoms with Gasteiger partial charge in [0.1, 0.15) is 0 Å². The normalized spacial score (nSPS) is 13.7. The molecule has 174 valence electrons. The van der Waals surface area contributed by atoms with Gasteiger partial charge in [0, 0.05) is 31.2 Å². The SMILES string of the molecule is COC(=O)c1cc(NC(=O)COC(=O)C2CCN(c3ncccn3)CC2)cc(C(=O)OC)c1. The van der Waals surface area contributed by atoms with Crippen molar-refractivity contribution in [2.45, 2.75) is 12.8 Å². The number of esters is 3. The van der Waals surface area contributed by atoms with Crippen LogP contribution >= 0.6 is 0 Å². The summed E-state index contributed by atoms with van der Waals surface area (Å²) in [5, 5.41) is 2.51. The maximum absolute atomic E-state index is 12.4. The average Bonchev–Trinajstić information content (AvgIpc) is 2.86. The first-order valence-electron chi connectivity index (χ1n) is 10.2. The lowest BCUT2D eigenvalue weighted by Crippen LogP contribution is -2.38. The second kappa shape index (κ2) is 11.0. The number of hydrogen-bond donors (Lipinski definition) is 1. The Morgan fingerprint density at radius 3 is 2.09 bits per heavy atom. The van der Waals surface area contributed by atoms with Crippen molar-refractivity contribution in [3.05, 3.63) is 47.8 Å². The lowest BCUT2D eigenvalue weighted by molar-refractivity contribution is -0.152. The second-order valence-corrected chi connectivity index (χ2v) is 7.25. The number of amides is 1. The van der Waals surface area contributed by atoms with E-state index in [1.807, 2.05) is 4.90 Å². The zero-order chi connectivity index (χ0) is 23.8. The fraction of sp³-hybridized carbons (Fsp3) is 0.364. The van der Waals surface area contributed by atoms with E-state index in [0.717, 1.165) is 0 Å². The van der Waals surface area contributed by atoms with E-state index >= 15 is 0 Å². The van der Waals surface area contributed by atoms with Crippen LogP contribution in [0.15, 0.2) is 36.7 Å². The summed E-state index contributed by atoms with van der Waals surface area (Å²) < 4.78 is 14.5. The number of carbonyl (C=O) groups excluding carboxylic acids is 4. The first kappa shape index (κ1) is 23.6. The molecule has 1 aromatic carbocycles. The third-order valence-electron chi connectivity index (χ3n) is 5.07. The maximum Gasteiger partial charge on any atom is 0.337 e. The molecule has 0 radical (unpaired) electrons. The van der Waals surface area contributed by atoms with E-state index in [9.17, 15) is 19.2 Å². The number of nitrogens with zero attached hydrogens (tertiary/aromatic N) is 3. The van der Waals surface area contributed by atoms with Crippen LogP contribution in [-0.2, 0) is 23.8 Å². The van der Waals surface area contributed by atoms with Gasteiger partial charge in [0.2, 0.25) is 5.95 Å². The zero-order valence-electron chi connectivity index (χ0n) is 18.3. The first-order valence-corrected chi connectivity index (χ1v) is 10.2. The minimum absolute atomic E-state index is 0.0573. The summed E-state index contributed by atoms with van der Waals surface area (Å²) in [6, 6.07) is 5.72. The van der Waals surface area contributed by atoms with Crippen LogP contribution in [0.5, 0.6) is 0 Å². The van der Waals surface area contributed by atoms with Crippen molar-refractivity contribution < 1.29 is 33.4 Å². The molecule has 1 amide bonds. The van der Waals surface area contributed by atoms with E-state index in [4.69, 9.17) is 4.74 Å². The minimum Gasteiger partial charge on any atom is -0.465 e.